The van der Waals surface area contributed by atoms with Gasteiger partial charge in [0.05, 0.1) is 6.10 Å². The summed E-state index contributed by atoms with van der Waals surface area (Å²) in [6, 6.07) is 5.68. The van der Waals surface area contributed by atoms with Gasteiger partial charge in [-0.2, -0.15) is 0 Å². The lowest BCUT2D eigenvalue weighted by molar-refractivity contribution is 0.116. The Morgan fingerprint density at radius 3 is 2.82 bits per heavy atom. The third-order valence-electron chi connectivity index (χ3n) is 3.32. The summed E-state index contributed by atoms with van der Waals surface area (Å²) in [5.74, 6) is 0.828. The number of para-hydroxylation sites is 1. The van der Waals surface area contributed by atoms with Crippen LogP contribution in [-0.4, -0.2) is 16.7 Å². The van der Waals surface area contributed by atoms with Crippen LogP contribution < -0.4 is 10.5 Å². The van der Waals surface area contributed by atoms with E-state index in [2.05, 4.69) is 19.9 Å². The van der Waals surface area contributed by atoms with Crippen molar-refractivity contribution < 1.29 is 9.84 Å². The van der Waals surface area contributed by atoms with E-state index in [4.69, 9.17) is 10.5 Å². The van der Waals surface area contributed by atoms with Crippen molar-refractivity contribution in [3.05, 3.63) is 29.3 Å². The van der Waals surface area contributed by atoms with Crippen molar-refractivity contribution in [3.63, 3.8) is 0 Å². The zero-order valence-corrected chi connectivity index (χ0v) is 10.7. The van der Waals surface area contributed by atoms with Crippen molar-refractivity contribution in [2.45, 2.75) is 51.4 Å². The maximum absolute atomic E-state index is 10.2. The van der Waals surface area contributed by atoms with E-state index in [1.807, 2.05) is 19.1 Å². The van der Waals surface area contributed by atoms with E-state index < -0.39 is 6.10 Å². The van der Waals surface area contributed by atoms with Crippen molar-refractivity contribution in [2.24, 2.45) is 5.73 Å². The molecule has 3 nitrogen and oxygen atoms in total. The van der Waals surface area contributed by atoms with Crippen LogP contribution in [0.4, 0.5) is 0 Å². The zero-order chi connectivity index (χ0) is 12.6. The highest BCUT2D eigenvalue weighted by atomic mass is 16.5. The monoisotopic (exact) mass is 235 g/mol. The smallest absolute Gasteiger partial charge is 0.129 e. The van der Waals surface area contributed by atoms with Crippen molar-refractivity contribution in [2.75, 3.05) is 0 Å². The number of aliphatic hydroxyl groups excluding tert-OH is 1. The van der Waals surface area contributed by atoms with Gasteiger partial charge in [-0.25, -0.2) is 0 Å². The number of ether oxygens (including phenoxy) is 1. The molecule has 3 heteroatoms. The Hall–Kier alpha value is -1.06. The standard InChI is InChI=1S/C14H21NO2/c1-4-11(15)12(16)10-7-5-6-9-8-14(2,3)17-13(9)10/h5-7,11-12,16H,4,8,15H2,1-3H3. The summed E-state index contributed by atoms with van der Waals surface area (Å²) in [5.41, 5.74) is 7.70. The fourth-order valence-corrected chi connectivity index (χ4v) is 2.33. The normalized spacial score (nSPS) is 20.5. The second-order valence-electron chi connectivity index (χ2n) is 5.39. The average Bonchev–Trinajstić information content (AvgIpc) is 2.60. The van der Waals surface area contributed by atoms with Crippen LogP contribution in [0.1, 0.15) is 44.4 Å². The first-order valence-corrected chi connectivity index (χ1v) is 6.19. The Kier molecular flexibility index (Phi) is 3.15. The fourth-order valence-electron chi connectivity index (χ4n) is 2.33. The zero-order valence-electron chi connectivity index (χ0n) is 10.7. The molecule has 1 aromatic carbocycles. The molecule has 0 radical (unpaired) electrons. The minimum atomic E-state index is -0.649. The summed E-state index contributed by atoms with van der Waals surface area (Å²) in [4.78, 5) is 0. The molecule has 0 aliphatic carbocycles. The molecule has 0 bridgehead atoms. The summed E-state index contributed by atoms with van der Waals surface area (Å²) in [5, 5.41) is 10.2. The Labute approximate surface area is 103 Å². The summed E-state index contributed by atoms with van der Waals surface area (Å²) >= 11 is 0. The Balaban J connectivity index is 2.36. The topological polar surface area (TPSA) is 55.5 Å². The van der Waals surface area contributed by atoms with Crippen LogP contribution >= 0.6 is 0 Å². The van der Waals surface area contributed by atoms with Gasteiger partial charge in [0.25, 0.3) is 0 Å². The van der Waals surface area contributed by atoms with E-state index in [9.17, 15) is 5.11 Å². The number of nitrogens with two attached hydrogens (primary N) is 1. The van der Waals surface area contributed by atoms with E-state index in [-0.39, 0.29) is 11.6 Å². The number of hydrogen-bond acceptors (Lipinski definition) is 3. The highest BCUT2D eigenvalue weighted by Gasteiger charge is 2.33. The summed E-state index contributed by atoms with van der Waals surface area (Å²) in [6.45, 7) is 6.09. The SMILES string of the molecule is CCC(N)C(O)c1cccc2c1OC(C)(C)C2. The molecule has 17 heavy (non-hydrogen) atoms. The second kappa shape index (κ2) is 4.31. The van der Waals surface area contributed by atoms with Crippen LogP contribution in [0.25, 0.3) is 0 Å². The quantitative estimate of drug-likeness (QED) is 0.844. The molecule has 0 aromatic heterocycles. The Morgan fingerprint density at radius 2 is 2.18 bits per heavy atom. The minimum absolute atomic E-state index is 0.186. The van der Waals surface area contributed by atoms with Crippen molar-refractivity contribution in [3.8, 4) is 5.75 Å². The first-order chi connectivity index (χ1) is 7.94. The summed E-state index contributed by atoms with van der Waals surface area (Å²) in [6.07, 6.45) is 0.974. The molecule has 0 amide bonds. The molecule has 0 fully saturated rings. The lowest BCUT2D eigenvalue weighted by Crippen LogP contribution is -2.28. The van der Waals surface area contributed by atoms with Crippen LogP contribution in [0.3, 0.4) is 0 Å². The van der Waals surface area contributed by atoms with Gasteiger partial charge in [0, 0.05) is 18.0 Å². The van der Waals surface area contributed by atoms with Gasteiger partial charge in [-0.3, -0.25) is 0 Å². The molecular formula is C14H21NO2. The highest BCUT2D eigenvalue weighted by molar-refractivity contribution is 5.47. The molecule has 94 valence electrons. The molecule has 2 unspecified atom stereocenters. The summed E-state index contributed by atoms with van der Waals surface area (Å²) in [7, 11) is 0. The van der Waals surface area contributed by atoms with Crippen LogP contribution in [0.5, 0.6) is 5.75 Å². The van der Waals surface area contributed by atoms with Crippen molar-refractivity contribution >= 4 is 0 Å². The maximum Gasteiger partial charge on any atom is 0.129 e. The molecule has 0 saturated heterocycles. The minimum Gasteiger partial charge on any atom is -0.487 e. The van der Waals surface area contributed by atoms with Crippen LogP contribution in [0.2, 0.25) is 0 Å². The van der Waals surface area contributed by atoms with E-state index in [0.717, 1.165) is 29.7 Å². The third-order valence-corrected chi connectivity index (χ3v) is 3.32. The van der Waals surface area contributed by atoms with E-state index in [0.29, 0.717) is 0 Å². The number of benzene rings is 1. The van der Waals surface area contributed by atoms with Crippen LogP contribution in [0.15, 0.2) is 18.2 Å². The van der Waals surface area contributed by atoms with Crippen molar-refractivity contribution in [1.29, 1.82) is 0 Å². The number of fused-ring (bicyclic) bond motifs is 1. The molecule has 1 aliphatic rings. The molecular weight excluding hydrogens is 214 g/mol. The van der Waals surface area contributed by atoms with Gasteiger partial charge in [0.2, 0.25) is 0 Å². The lowest BCUT2D eigenvalue weighted by Gasteiger charge is -2.22. The first kappa shape index (κ1) is 12.4. The van der Waals surface area contributed by atoms with Gasteiger partial charge >= 0.3 is 0 Å². The molecule has 0 spiro atoms. The lowest BCUT2D eigenvalue weighted by atomic mass is 9.96. The number of rotatable bonds is 3. The van der Waals surface area contributed by atoms with Gasteiger partial charge < -0.3 is 15.6 Å². The van der Waals surface area contributed by atoms with Gasteiger partial charge in [-0.15, -0.1) is 0 Å². The third kappa shape index (κ3) is 2.31. The van der Waals surface area contributed by atoms with E-state index >= 15 is 0 Å². The van der Waals surface area contributed by atoms with Crippen LogP contribution in [-0.2, 0) is 6.42 Å². The molecule has 1 heterocycles. The van der Waals surface area contributed by atoms with E-state index in [1.54, 1.807) is 0 Å². The van der Waals surface area contributed by atoms with Gasteiger partial charge in [-0.1, -0.05) is 25.1 Å². The van der Waals surface area contributed by atoms with E-state index in [1.165, 1.54) is 0 Å². The highest BCUT2D eigenvalue weighted by Crippen LogP contribution is 2.40. The maximum atomic E-state index is 10.2. The molecule has 1 aromatic rings. The van der Waals surface area contributed by atoms with Gasteiger partial charge in [0.15, 0.2) is 0 Å². The van der Waals surface area contributed by atoms with Gasteiger partial charge in [-0.05, 0) is 25.8 Å². The Morgan fingerprint density at radius 1 is 1.47 bits per heavy atom. The molecule has 0 saturated carbocycles. The van der Waals surface area contributed by atoms with Crippen LogP contribution in [0, 0.1) is 0 Å². The molecule has 1 aliphatic heterocycles. The van der Waals surface area contributed by atoms with Gasteiger partial charge in [0.1, 0.15) is 11.4 Å². The fraction of sp³-hybridized carbons (Fsp3) is 0.571. The predicted octanol–water partition coefficient (Wildman–Crippen LogP) is 2.17. The molecule has 2 atom stereocenters. The van der Waals surface area contributed by atoms with Crippen molar-refractivity contribution in [1.82, 2.24) is 0 Å². The second-order valence-corrected chi connectivity index (χ2v) is 5.39. The largest absolute Gasteiger partial charge is 0.487 e. The molecule has 3 N–H and O–H groups in total. The summed E-state index contributed by atoms with van der Waals surface area (Å²) < 4.78 is 5.93. The molecule has 2 rings (SSSR count). The predicted molar refractivity (Wildman–Crippen MR) is 68.1 cm³/mol. The number of hydrogen-bond donors (Lipinski definition) is 2. The first-order valence-electron chi connectivity index (χ1n) is 6.19. The average molecular weight is 235 g/mol. The Bertz CT molecular complexity index is 415. The number of aliphatic hydroxyl groups is 1.